The van der Waals surface area contributed by atoms with Crippen molar-refractivity contribution >= 4 is 28.9 Å². The van der Waals surface area contributed by atoms with Gasteiger partial charge in [0, 0.05) is 38.2 Å². The van der Waals surface area contributed by atoms with E-state index in [1.165, 1.54) is 4.90 Å². The molecule has 1 saturated carbocycles. The predicted molar refractivity (Wildman–Crippen MR) is 101 cm³/mol. The van der Waals surface area contributed by atoms with Crippen LogP contribution in [0.4, 0.5) is 20.2 Å². The number of ketones is 2. The maximum absolute atomic E-state index is 15.8. The minimum absolute atomic E-state index is 0.0202. The molecule has 0 spiro atoms. The van der Waals surface area contributed by atoms with E-state index in [4.69, 9.17) is 10.5 Å². The number of anilines is 2. The number of nitrogens with two attached hydrogens (primary N) is 1. The average Bonchev–Trinajstić information content (AvgIpc) is 3.36. The fourth-order valence-electron chi connectivity index (χ4n) is 5.14. The Morgan fingerprint density at radius 1 is 1.27 bits per heavy atom. The Kier molecular flexibility index (Phi) is 4.17. The molecule has 10 heteroatoms. The zero-order chi connectivity index (χ0) is 21.4. The minimum atomic E-state index is -1.80. The fourth-order valence-corrected chi connectivity index (χ4v) is 5.14. The number of aliphatic carboxylic acids is 1. The van der Waals surface area contributed by atoms with E-state index in [0.29, 0.717) is 26.0 Å². The van der Waals surface area contributed by atoms with Gasteiger partial charge in [-0.15, -0.1) is 0 Å². The van der Waals surface area contributed by atoms with E-state index in [-0.39, 0.29) is 36.4 Å². The normalized spacial score (nSPS) is 30.6. The largest absolute Gasteiger partial charge is 0.479 e. The Labute approximate surface area is 170 Å². The molecule has 3 N–H and O–H groups in total. The Morgan fingerprint density at radius 3 is 2.60 bits per heavy atom. The monoisotopic (exact) mass is 421 g/mol. The van der Waals surface area contributed by atoms with Crippen molar-refractivity contribution in [2.24, 2.45) is 11.7 Å². The van der Waals surface area contributed by atoms with Gasteiger partial charge in [0.2, 0.25) is 11.6 Å². The highest BCUT2D eigenvalue weighted by atomic mass is 19.1. The summed E-state index contributed by atoms with van der Waals surface area (Å²) in [6, 6.07) is -1.33. The first kappa shape index (κ1) is 19.4. The second kappa shape index (κ2) is 6.45. The highest BCUT2D eigenvalue weighted by molar-refractivity contribution is 6.51. The first-order chi connectivity index (χ1) is 14.3. The van der Waals surface area contributed by atoms with Crippen molar-refractivity contribution in [3.63, 3.8) is 0 Å². The Bertz CT molecular complexity index is 982. The Hall–Kier alpha value is -2.59. The van der Waals surface area contributed by atoms with Gasteiger partial charge in [0.05, 0.1) is 11.3 Å². The van der Waals surface area contributed by atoms with E-state index in [9.17, 15) is 19.5 Å². The molecule has 3 aliphatic heterocycles. The van der Waals surface area contributed by atoms with Crippen LogP contribution < -0.4 is 15.5 Å². The van der Waals surface area contributed by atoms with Crippen LogP contribution in [0.25, 0.3) is 0 Å². The van der Waals surface area contributed by atoms with Crippen LogP contribution in [0.1, 0.15) is 29.6 Å². The summed E-state index contributed by atoms with van der Waals surface area (Å²) in [7, 11) is 0. The third-order valence-electron chi connectivity index (χ3n) is 6.76. The van der Waals surface area contributed by atoms with Crippen molar-refractivity contribution < 1.29 is 33.0 Å². The molecule has 2 saturated heterocycles. The van der Waals surface area contributed by atoms with E-state index in [1.807, 2.05) is 0 Å². The van der Waals surface area contributed by atoms with E-state index >= 15 is 8.78 Å². The maximum Gasteiger partial charge on any atom is 0.334 e. The second-order valence-electron chi connectivity index (χ2n) is 8.47. The number of carboxylic acids is 1. The molecule has 0 radical (unpaired) electrons. The smallest absolute Gasteiger partial charge is 0.334 e. The molecule has 3 unspecified atom stereocenters. The molecule has 160 valence electrons. The SMILES string of the molecule is NCC12CN(c3c(F)cc4c(c3F)N(C3CC3)C(C(=O)O)C(=O)C4=O)CC1CCO2. The first-order valence-corrected chi connectivity index (χ1v) is 9.99. The molecule has 0 amide bonds. The minimum Gasteiger partial charge on any atom is -0.479 e. The van der Waals surface area contributed by atoms with Gasteiger partial charge in [-0.2, -0.15) is 0 Å². The molecule has 0 bridgehead atoms. The summed E-state index contributed by atoms with van der Waals surface area (Å²) in [5, 5.41) is 9.55. The van der Waals surface area contributed by atoms with Crippen LogP contribution in [0.2, 0.25) is 0 Å². The summed E-state index contributed by atoms with van der Waals surface area (Å²) in [5.74, 6) is -5.85. The standard InChI is InChI=1S/C20H21F2N3O5/c21-12-5-11-14(25(10-1-2-10)16(19(28)29)18(27)17(11)26)13(22)15(12)24-6-9-3-4-30-20(9,7-23)8-24/h5,9-10,16H,1-4,6-8,23H2,(H,28,29). The van der Waals surface area contributed by atoms with Crippen LogP contribution >= 0.6 is 0 Å². The molecule has 3 heterocycles. The van der Waals surface area contributed by atoms with Gasteiger partial charge in [0.1, 0.15) is 17.1 Å². The summed E-state index contributed by atoms with van der Waals surface area (Å²) in [5.41, 5.74) is 4.16. The fraction of sp³-hybridized carbons (Fsp3) is 0.550. The highest BCUT2D eigenvalue weighted by Crippen LogP contribution is 2.47. The van der Waals surface area contributed by atoms with E-state index < -0.39 is 46.4 Å². The summed E-state index contributed by atoms with van der Waals surface area (Å²) in [6.45, 7) is 1.28. The van der Waals surface area contributed by atoms with Crippen LogP contribution in [0, 0.1) is 17.6 Å². The Morgan fingerprint density at radius 2 is 2.00 bits per heavy atom. The molecule has 1 aromatic rings. The second-order valence-corrected chi connectivity index (χ2v) is 8.47. The van der Waals surface area contributed by atoms with Crippen molar-refractivity contribution in [3.8, 4) is 0 Å². The molecule has 5 rings (SSSR count). The van der Waals surface area contributed by atoms with E-state index in [1.54, 1.807) is 0 Å². The third kappa shape index (κ3) is 2.53. The molecule has 3 fully saturated rings. The van der Waals surface area contributed by atoms with Gasteiger partial charge in [0.15, 0.2) is 11.9 Å². The maximum atomic E-state index is 15.8. The van der Waals surface area contributed by atoms with Gasteiger partial charge in [-0.25, -0.2) is 13.6 Å². The van der Waals surface area contributed by atoms with Crippen molar-refractivity contribution in [1.82, 2.24) is 0 Å². The molecular formula is C20H21F2N3O5. The lowest BCUT2D eigenvalue weighted by Crippen LogP contribution is -2.55. The molecule has 3 atom stereocenters. The summed E-state index contributed by atoms with van der Waals surface area (Å²) >= 11 is 0. The van der Waals surface area contributed by atoms with Gasteiger partial charge in [-0.05, 0) is 25.3 Å². The number of carbonyl (C=O) groups excluding carboxylic acids is 2. The average molecular weight is 421 g/mol. The van der Waals surface area contributed by atoms with Crippen LogP contribution in [-0.2, 0) is 14.3 Å². The number of carboxylic acid groups (broad SMARTS) is 1. The molecular weight excluding hydrogens is 400 g/mol. The molecule has 0 aromatic heterocycles. The van der Waals surface area contributed by atoms with Crippen LogP contribution in [0.5, 0.6) is 0 Å². The van der Waals surface area contributed by atoms with Crippen molar-refractivity contribution in [2.45, 2.75) is 36.9 Å². The van der Waals surface area contributed by atoms with Gasteiger partial charge in [0.25, 0.3) is 0 Å². The number of nitrogens with zero attached hydrogens (tertiary/aromatic N) is 2. The number of rotatable bonds is 4. The van der Waals surface area contributed by atoms with Crippen molar-refractivity contribution in [3.05, 3.63) is 23.3 Å². The highest BCUT2D eigenvalue weighted by Gasteiger charge is 2.53. The third-order valence-corrected chi connectivity index (χ3v) is 6.76. The molecule has 8 nitrogen and oxygen atoms in total. The van der Waals surface area contributed by atoms with E-state index in [0.717, 1.165) is 17.4 Å². The van der Waals surface area contributed by atoms with Crippen LogP contribution in [-0.4, -0.2) is 66.6 Å². The number of hydrogen-bond donors (Lipinski definition) is 2. The predicted octanol–water partition coefficient (Wildman–Crippen LogP) is 0.706. The number of hydrogen-bond acceptors (Lipinski definition) is 7. The summed E-state index contributed by atoms with van der Waals surface area (Å²) in [6.07, 6.45) is 1.85. The van der Waals surface area contributed by atoms with Crippen LogP contribution in [0.3, 0.4) is 0 Å². The number of fused-ring (bicyclic) bond motifs is 2. The number of ether oxygens (including phenoxy) is 1. The number of Topliss-reactive ketones (excluding diaryl/α,β-unsaturated/α-hetero) is 2. The molecule has 1 aliphatic carbocycles. The van der Waals surface area contributed by atoms with Gasteiger partial charge in [-0.3, -0.25) is 9.59 Å². The number of halogens is 2. The lowest BCUT2D eigenvalue weighted by atomic mass is 9.91. The van der Waals surface area contributed by atoms with E-state index in [2.05, 4.69) is 0 Å². The van der Waals surface area contributed by atoms with Crippen molar-refractivity contribution in [2.75, 3.05) is 36.0 Å². The van der Waals surface area contributed by atoms with Gasteiger partial charge < -0.3 is 25.4 Å². The zero-order valence-corrected chi connectivity index (χ0v) is 16.1. The quantitative estimate of drug-likeness (QED) is 0.540. The number of benzene rings is 1. The van der Waals surface area contributed by atoms with Crippen molar-refractivity contribution in [1.29, 1.82) is 0 Å². The number of carbonyl (C=O) groups is 3. The summed E-state index contributed by atoms with van der Waals surface area (Å²) < 4.78 is 36.6. The molecule has 30 heavy (non-hydrogen) atoms. The lowest BCUT2D eigenvalue weighted by molar-refractivity contribution is -0.141. The molecule has 1 aromatic carbocycles. The first-order valence-electron chi connectivity index (χ1n) is 9.99. The van der Waals surface area contributed by atoms with Crippen LogP contribution in [0.15, 0.2) is 6.07 Å². The lowest BCUT2D eigenvalue weighted by Gasteiger charge is -2.36. The van der Waals surface area contributed by atoms with Gasteiger partial charge in [-0.1, -0.05) is 0 Å². The zero-order valence-electron chi connectivity index (χ0n) is 16.1. The topological polar surface area (TPSA) is 113 Å². The Balaban J connectivity index is 1.64. The molecule has 4 aliphatic rings. The summed E-state index contributed by atoms with van der Waals surface area (Å²) in [4.78, 5) is 39.3. The van der Waals surface area contributed by atoms with Gasteiger partial charge >= 0.3 is 5.97 Å².